The molecule has 0 radical (unpaired) electrons. The van der Waals surface area contributed by atoms with Crippen molar-refractivity contribution in [3.8, 4) is 0 Å². The van der Waals surface area contributed by atoms with Crippen LogP contribution < -0.4 is 5.32 Å². The molecule has 1 heterocycles. The van der Waals surface area contributed by atoms with Crippen molar-refractivity contribution in [2.24, 2.45) is 5.92 Å². The van der Waals surface area contributed by atoms with Gasteiger partial charge in [-0.25, -0.2) is 0 Å². The lowest BCUT2D eigenvalue weighted by molar-refractivity contribution is -0.121. The Kier molecular flexibility index (Phi) is 1.35. The molecule has 3 nitrogen and oxygen atoms in total. The van der Waals surface area contributed by atoms with E-state index in [4.69, 9.17) is 4.74 Å². The molecule has 3 heteroatoms. The van der Waals surface area contributed by atoms with Gasteiger partial charge in [-0.3, -0.25) is 4.79 Å². The molecule has 1 saturated carbocycles. The summed E-state index contributed by atoms with van der Waals surface area (Å²) < 4.78 is 5.59. The SMILES string of the molecule is CC(=O)NC12CC1COC2(C)C. The van der Waals surface area contributed by atoms with Gasteiger partial charge in [-0.05, 0) is 20.3 Å². The highest BCUT2D eigenvalue weighted by Crippen LogP contribution is 2.57. The standard InChI is InChI=1S/C9H15NO2/c1-6(11)10-9-4-7(9)5-12-8(9,2)3/h7H,4-5H2,1-3H3,(H,10,11). The molecule has 2 aliphatic rings. The lowest BCUT2D eigenvalue weighted by Crippen LogP contribution is -2.50. The predicted octanol–water partition coefficient (Wildman–Crippen LogP) is 0.690. The van der Waals surface area contributed by atoms with E-state index in [0.717, 1.165) is 13.0 Å². The van der Waals surface area contributed by atoms with E-state index in [1.165, 1.54) is 0 Å². The van der Waals surface area contributed by atoms with E-state index in [-0.39, 0.29) is 17.0 Å². The van der Waals surface area contributed by atoms with E-state index in [9.17, 15) is 4.79 Å². The van der Waals surface area contributed by atoms with Crippen molar-refractivity contribution >= 4 is 5.91 Å². The quantitative estimate of drug-likeness (QED) is 0.627. The summed E-state index contributed by atoms with van der Waals surface area (Å²) in [6, 6.07) is 0. The van der Waals surface area contributed by atoms with Gasteiger partial charge in [0, 0.05) is 12.8 Å². The zero-order chi connectivity index (χ0) is 8.98. The summed E-state index contributed by atoms with van der Waals surface area (Å²) in [6.45, 7) is 6.47. The monoisotopic (exact) mass is 169 g/mol. The van der Waals surface area contributed by atoms with Gasteiger partial charge in [0.1, 0.15) is 0 Å². The summed E-state index contributed by atoms with van der Waals surface area (Å²) in [4.78, 5) is 11.0. The van der Waals surface area contributed by atoms with Crippen LogP contribution in [0.1, 0.15) is 27.2 Å². The summed E-state index contributed by atoms with van der Waals surface area (Å²) in [5.41, 5.74) is -0.220. The maximum Gasteiger partial charge on any atom is 0.217 e. The van der Waals surface area contributed by atoms with Crippen LogP contribution in [0.2, 0.25) is 0 Å². The number of rotatable bonds is 1. The molecule has 0 bridgehead atoms. The number of hydrogen-bond acceptors (Lipinski definition) is 2. The molecule has 1 aliphatic carbocycles. The molecule has 1 aliphatic heterocycles. The highest BCUT2D eigenvalue weighted by molar-refractivity contribution is 5.75. The van der Waals surface area contributed by atoms with Crippen LogP contribution in [0, 0.1) is 5.92 Å². The number of ether oxygens (including phenoxy) is 1. The number of carbonyl (C=O) groups is 1. The smallest absolute Gasteiger partial charge is 0.217 e. The lowest BCUT2D eigenvalue weighted by Gasteiger charge is -2.30. The van der Waals surface area contributed by atoms with Crippen molar-refractivity contribution in [2.75, 3.05) is 6.61 Å². The second kappa shape index (κ2) is 2.02. The zero-order valence-corrected chi connectivity index (χ0v) is 7.81. The van der Waals surface area contributed by atoms with Crippen LogP contribution >= 0.6 is 0 Å². The summed E-state index contributed by atoms with van der Waals surface area (Å²) in [5.74, 6) is 0.604. The first kappa shape index (κ1) is 8.05. The summed E-state index contributed by atoms with van der Waals surface area (Å²) in [5, 5.41) is 3.02. The Labute approximate surface area is 72.5 Å². The lowest BCUT2D eigenvalue weighted by atomic mass is 9.96. The van der Waals surface area contributed by atoms with E-state index in [0.29, 0.717) is 5.92 Å². The molecule has 68 valence electrons. The Morgan fingerprint density at radius 1 is 1.58 bits per heavy atom. The Morgan fingerprint density at radius 2 is 2.25 bits per heavy atom. The third-order valence-electron chi connectivity index (χ3n) is 3.22. The number of fused-ring (bicyclic) bond motifs is 1. The van der Waals surface area contributed by atoms with Crippen LogP contribution in [0.15, 0.2) is 0 Å². The normalized spacial score (nSPS) is 42.1. The first-order valence-corrected chi connectivity index (χ1v) is 4.41. The molecule has 1 N–H and O–H groups in total. The largest absolute Gasteiger partial charge is 0.373 e. The molecule has 2 fully saturated rings. The van der Waals surface area contributed by atoms with Crippen LogP contribution in [-0.2, 0) is 9.53 Å². The molecule has 2 unspecified atom stereocenters. The molecule has 2 atom stereocenters. The fourth-order valence-electron chi connectivity index (χ4n) is 2.32. The van der Waals surface area contributed by atoms with Crippen molar-refractivity contribution in [2.45, 2.75) is 38.3 Å². The number of hydrogen-bond donors (Lipinski definition) is 1. The van der Waals surface area contributed by atoms with E-state index in [2.05, 4.69) is 19.2 Å². The first-order chi connectivity index (χ1) is 5.48. The second-order valence-electron chi connectivity index (χ2n) is 4.37. The fourth-order valence-corrected chi connectivity index (χ4v) is 2.32. The number of nitrogens with one attached hydrogen (secondary N) is 1. The summed E-state index contributed by atoms with van der Waals surface area (Å²) in [6.07, 6.45) is 1.08. The van der Waals surface area contributed by atoms with Gasteiger partial charge < -0.3 is 10.1 Å². The summed E-state index contributed by atoms with van der Waals surface area (Å²) >= 11 is 0. The van der Waals surface area contributed by atoms with Crippen LogP contribution in [0.3, 0.4) is 0 Å². The number of amides is 1. The Hall–Kier alpha value is -0.570. The summed E-state index contributed by atoms with van der Waals surface area (Å²) in [7, 11) is 0. The minimum Gasteiger partial charge on any atom is -0.373 e. The first-order valence-electron chi connectivity index (χ1n) is 4.41. The van der Waals surface area contributed by atoms with Crippen LogP contribution in [0.25, 0.3) is 0 Å². The van der Waals surface area contributed by atoms with Crippen molar-refractivity contribution in [3.05, 3.63) is 0 Å². The molecule has 0 spiro atoms. The Morgan fingerprint density at radius 3 is 2.58 bits per heavy atom. The highest BCUT2D eigenvalue weighted by atomic mass is 16.5. The van der Waals surface area contributed by atoms with Crippen molar-refractivity contribution in [3.63, 3.8) is 0 Å². The van der Waals surface area contributed by atoms with Gasteiger partial charge in [0.2, 0.25) is 5.91 Å². The van der Waals surface area contributed by atoms with E-state index in [1.807, 2.05) is 0 Å². The van der Waals surface area contributed by atoms with E-state index in [1.54, 1.807) is 6.92 Å². The molecule has 1 amide bonds. The predicted molar refractivity (Wildman–Crippen MR) is 44.7 cm³/mol. The average molecular weight is 169 g/mol. The minimum atomic E-state index is -0.177. The third-order valence-corrected chi connectivity index (χ3v) is 3.22. The maximum absolute atomic E-state index is 11.0. The Bertz CT molecular complexity index is 237. The van der Waals surface area contributed by atoms with Crippen LogP contribution in [0.4, 0.5) is 0 Å². The molecule has 12 heavy (non-hydrogen) atoms. The second-order valence-corrected chi connectivity index (χ2v) is 4.37. The molecule has 2 rings (SSSR count). The Balaban J connectivity index is 2.17. The average Bonchev–Trinajstić information content (AvgIpc) is 2.53. The van der Waals surface area contributed by atoms with Gasteiger partial charge in [0.15, 0.2) is 0 Å². The van der Waals surface area contributed by atoms with Gasteiger partial charge >= 0.3 is 0 Å². The van der Waals surface area contributed by atoms with Gasteiger partial charge in [-0.15, -0.1) is 0 Å². The molecular weight excluding hydrogens is 154 g/mol. The highest BCUT2D eigenvalue weighted by Gasteiger charge is 2.68. The van der Waals surface area contributed by atoms with E-state index >= 15 is 0 Å². The van der Waals surface area contributed by atoms with Crippen LogP contribution in [-0.4, -0.2) is 23.7 Å². The van der Waals surface area contributed by atoms with Gasteiger partial charge in [0.25, 0.3) is 0 Å². The van der Waals surface area contributed by atoms with Crippen molar-refractivity contribution in [1.29, 1.82) is 0 Å². The molecule has 1 saturated heterocycles. The van der Waals surface area contributed by atoms with Gasteiger partial charge in [-0.2, -0.15) is 0 Å². The van der Waals surface area contributed by atoms with Gasteiger partial charge in [0.05, 0.1) is 17.7 Å². The zero-order valence-electron chi connectivity index (χ0n) is 7.81. The number of carbonyl (C=O) groups excluding carboxylic acids is 1. The molecule has 0 aromatic rings. The van der Waals surface area contributed by atoms with E-state index < -0.39 is 0 Å². The molecule has 0 aromatic carbocycles. The molecule has 0 aromatic heterocycles. The van der Waals surface area contributed by atoms with Crippen LogP contribution in [0.5, 0.6) is 0 Å². The third kappa shape index (κ3) is 0.829. The molecular formula is C9H15NO2. The van der Waals surface area contributed by atoms with Crippen molar-refractivity contribution in [1.82, 2.24) is 5.32 Å². The van der Waals surface area contributed by atoms with Gasteiger partial charge in [-0.1, -0.05) is 0 Å². The van der Waals surface area contributed by atoms with Crippen molar-refractivity contribution < 1.29 is 9.53 Å². The fraction of sp³-hybridized carbons (Fsp3) is 0.889. The topological polar surface area (TPSA) is 38.3 Å². The maximum atomic E-state index is 11.0. The minimum absolute atomic E-state index is 0.0428.